The lowest BCUT2D eigenvalue weighted by atomic mass is 10.2. The van der Waals surface area contributed by atoms with Gasteiger partial charge < -0.3 is 15.0 Å². The lowest BCUT2D eigenvalue weighted by Gasteiger charge is -2.28. The number of nitrogens with one attached hydrogen (secondary N) is 1. The fourth-order valence-corrected chi connectivity index (χ4v) is 3.35. The first-order valence-electron chi connectivity index (χ1n) is 9.64. The number of nitrogens with zero attached hydrogens (tertiary/aromatic N) is 5. The molecule has 1 aliphatic heterocycles. The standard InChI is InChI=1S/C20H20F2N6O/c21-16-4-3-15(11-17(16)22)28-12-23-20(26-28)24-14-9-18(13-1-2-13)25-19(10-14)27-5-7-29-8-6-27/h3-4,9-13H,1-2,5-8H2,(H,24,25,26). The third kappa shape index (κ3) is 3.91. The summed E-state index contributed by atoms with van der Waals surface area (Å²) in [5.74, 6) is -0.0294. The van der Waals surface area contributed by atoms with E-state index in [9.17, 15) is 8.78 Å². The molecule has 9 heteroatoms. The maximum Gasteiger partial charge on any atom is 0.246 e. The number of rotatable bonds is 5. The molecule has 1 aromatic carbocycles. The second kappa shape index (κ2) is 7.40. The van der Waals surface area contributed by atoms with Gasteiger partial charge in [0, 0.05) is 42.5 Å². The summed E-state index contributed by atoms with van der Waals surface area (Å²) in [5, 5.41) is 7.54. The van der Waals surface area contributed by atoms with Gasteiger partial charge in [-0.2, -0.15) is 4.98 Å². The smallest absolute Gasteiger partial charge is 0.246 e. The average molecular weight is 398 g/mol. The van der Waals surface area contributed by atoms with Crippen LogP contribution in [0.2, 0.25) is 0 Å². The number of halogens is 2. The zero-order chi connectivity index (χ0) is 19.8. The maximum absolute atomic E-state index is 13.5. The topological polar surface area (TPSA) is 68.1 Å². The maximum atomic E-state index is 13.5. The second-order valence-corrected chi connectivity index (χ2v) is 7.25. The first-order chi connectivity index (χ1) is 14.2. The van der Waals surface area contributed by atoms with Gasteiger partial charge in [-0.3, -0.25) is 0 Å². The van der Waals surface area contributed by atoms with Crippen LogP contribution in [0.4, 0.5) is 26.2 Å². The van der Waals surface area contributed by atoms with E-state index in [-0.39, 0.29) is 0 Å². The fraction of sp³-hybridized carbons (Fsp3) is 0.350. The Morgan fingerprint density at radius 2 is 1.86 bits per heavy atom. The predicted octanol–water partition coefficient (Wildman–Crippen LogP) is 3.40. The Balaban J connectivity index is 1.40. The van der Waals surface area contributed by atoms with Crippen molar-refractivity contribution in [1.29, 1.82) is 0 Å². The first-order valence-corrected chi connectivity index (χ1v) is 9.64. The summed E-state index contributed by atoms with van der Waals surface area (Å²) in [5.41, 5.74) is 2.31. The van der Waals surface area contributed by atoms with Gasteiger partial charge in [0.05, 0.1) is 18.9 Å². The van der Waals surface area contributed by atoms with Crippen LogP contribution in [-0.4, -0.2) is 46.1 Å². The highest BCUT2D eigenvalue weighted by Crippen LogP contribution is 2.41. The van der Waals surface area contributed by atoms with Crippen molar-refractivity contribution >= 4 is 17.5 Å². The molecule has 5 rings (SSSR count). The van der Waals surface area contributed by atoms with E-state index in [4.69, 9.17) is 9.72 Å². The zero-order valence-corrected chi connectivity index (χ0v) is 15.7. The Labute approximate surface area is 166 Å². The monoisotopic (exact) mass is 398 g/mol. The lowest BCUT2D eigenvalue weighted by Crippen LogP contribution is -2.36. The van der Waals surface area contributed by atoms with Gasteiger partial charge in [-0.15, -0.1) is 5.10 Å². The van der Waals surface area contributed by atoms with Gasteiger partial charge in [0.15, 0.2) is 11.6 Å². The van der Waals surface area contributed by atoms with Gasteiger partial charge in [0.2, 0.25) is 5.95 Å². The van der Waals surface area contributed by atoms with Crippen molar-refractivity contribution in [3.05, 3.63) is 54.0 Å². The molecule has 7 nitrogen and oxygen atoms in total. The van der Waals surface area contributed by atoms with Crippen molar-refractivity contribution in [2.45, 2.75) is 18.8 Å². The molecule has 0 bridgehead atoms. The molecule has 1 saturated heterocycles. The van der Waals surface area contributed by atoms with Crippen LogP contribution in [0.3, 0.4) is 0 Å². The third-order valence-corrected chi connectivity index (χ3v) is 5.08. The molecule has 0 amide bonds. The largest absolute Gasteiger partial charge is 0.378 e. The van der Waals surface area contributed by atoms with Gasteiger partial charge in [0.25, 0.3) is 0 Å². The molecule has 3 aromatic rings. The number of hydrogen-bond donors (Lipinski definition) is 1. The molecular weight excluding hydrogens is 378 g/mol. The minimum absolute atomic E-state index is 0.371. The second-order valence-electron chi connectivity index (χ2n) is 7.25. The van der Waals surface area contributed by atoms with Crippen LogP contribution in [0, 0.1) is 11.6 Å². The van der Waals surface area contributed by atoms with E-state index in [2.05, 4.69) is 20.3 Å². The van der Waals surface area contributed by atoms with E-state index < -0.39 is 11.6 Å². The van der Waals surface area contributed by atoms with Crippen molar-refractivity contribution < 1.29 is 13.5 Å². The molecule has 29 heavy (non-hydrogen) atoms. The predicted molar refractivity (Wildman–Crippen MR) is 104 cm³/mol. The number of hydrogen-bond acceptors (Lipinski definition) is 6. The van der Waals surface area contributed by atoms with Crippen LogP contribution >= 0.6 is 0 Å². The van der Waals surface area contributed by atoms with Gasteiger partial charge in [-0.05, 0) is 31.0 Å². The minimum atomic E-state index is -0.925. The van der Waals surface area contributed by atoms with Crippen molar-refractivity contribution in [2.24, 2.45) is 0 Å². The molecule has 1 N–H and O–H groups in total. The highest BCUT2D eigenvalue weighted by molar-refractivity contribution is 5.60. The molecule has 2 aliphatic rings. The van der Waals surface area contributed by atoms with Gasteiger partial charge >= 0.3 is 0 Å². The Bertz CT molecular complexity index is 1030. The Morgan fingerprint density at radius 3 is 2.62 bits per heavy atom. The Morgan fingerprint density at radius 1 is 1.03 bits per heavy atom. The Kier molecular flexibility index (Phi) is 4.59. The van der Waals surface area contributed by atoms with E-state index in [0.717, 1.165) is 55.3 Å². The number of aromatic nitrogens is 4. The van der Waals surface area contributed by atoms with Crippen molar-refractivity contribution in [2.75, 3.05) is 36.5 Å². The van der Waals surface area contributed by atoms with Crippen molar-refractivity contribution in [3.63, 3.8) is 0 Å². The third-order valence-electron chi connectivity index (χ3n) is 5.08. The summed E-state index contributed by atoms with van der Waals surface area (Å²) in [6.45, 7) is 3.00. The lowest BCUT2D eigenvalue weighted by molar-refractivity contribution is 0.122. The van der Waals surface area contributed by atoms with Crippen LogP contribution in [0.15, 0.2) is 36.7 Å². The summed E-state index contributed by atoms with van der Waals surface area (Å²) in [7, 11) is 0. The normalized spacial score (nSPS) is 16.8. The van der Waals surface area contributed by atoms with Crippen LogP contribution in [0.25, 0.3) is 5.69 Å². The highest BCUT2D eigenvalue weighted by Gasteiger charge is 2.27. The summed E-state index contributed by atoms with van der Waals surface area (Å²) < 4.78 is 33.5. The van der Waals surface area contributed by atoms with Gasteiger partial charge in [0.1, 0.15) is 12.1 Å². The molecule has 2 aromatic heterocycles. The van der Waals surface area contributed by atoms with Crippen LogP contribution in [-0.2, 0) is 4.74 Å². The molecule has 0 radical (unpaired) electrons. The molecule has 150 valence electrons. The summed E-state index contributed by atoms with van der Waals surface area (Å²) in [4.78, 5) is 11.3. The molecule has 0 atom stereocenters. The number of pyridine rings is 1. The molecule has 1 saturated carbocycles. The summed E-state index contributed by atoms with van der Waals surface area (Å²) >= 11 is 0. The van der Waals surface area contributed by atoms with Gasteiger partial charge in [-0.1, -0.05) is 0 Å². The molecule has 0 spiro atoms. The number of ether oxygens (including phenoxy) is 1. The van der Waals surface area contributed by atoms with Crippen LogP contribution in [0.5, 0.6) is 0 Å². The Hall–Kier alpha value is -3.07. The first kappa shape index (κ1) is 18.0. The minimum Gasteiger partial charge on any atom is -0.378 e. The summed E-state index contributed by atoms with van der Waals surface area (Å²) in [6, 6.07) is 7.61. The zero-order valence-electron chi connectivity index (χ0n) is 15.7. The van der Waals surface area contributed by atoms with Crippen molar-refractivity contribution in [1.82, 2.24) is 19.7 Å². The van der Waals surface area contributed by atoms with E-state index >= 15 is 0 Å². The molecular formula is C20H20F2N6O. The number of morpholine rings is 1. The highest BCUT2D eigenvalue weighted by atomic mass is 19.2. The average Bonchev–Trinajstić information content (AvgIpc) is 3.50. The van der Waals surface area contributed by atoms with E-state index in [1.54, 1.807) is 0 Å². The van der Waals surface area contributed by atoms with Crippen LogP contribution in [0.1, 0.15) is 24.5 Å². The van der Waals surface area contributed by atoms with Crippen molar-refractivity contribution in [3.8, 4) is 5.69 Å². The van der Waals surface area contributed by atoms with Crippen LogP contribution < -0.4 is 10.2 Å². The quantitative estimate of drug-likeness (QED) is 0.711. The molecule has 3 heterocycles. The SMILES string of the molecule is Fc1ccc(-n2cnc(Nc3cc(C4CC4)nc(N4CCOCC4)c3)n2)cc1F. The van der Waals surface area contributed by atoms with E-state index in [1.807, 2.05) is 12.1 Å². The van der Waals surface area contributed by atoms with E-state index in [1.165, 1.54) is 17.1 Å². The van der Waals surface area contributed by atoms with E-state index in [0.29, 0.717) is 30.8 Å². The number of anilines is 3. The molecule has 0 unspecified atom stereocenters. The number of benzene rings is 1. The summed E-state index contributed by atoms with van der Waals surface area (Å²) in [6.07, 6.45) is 3.77. The fourth-order valence-electron chi connectivity index (χ4n) is 3.35. The van der Waals surface area contributed by atoms with Gasteiger partial charge in [-0.25, -0.2) is 18.4 Å². The molecule has 2 fully saturated rings. The molecule has 1 aliphatic carbocycles.